The fraction of sp³-hybridized carbons (Fsp3) is 0.545. The number of carbonyl (C=O) groups is 2. The lowest BCUT2D eigenvalue weighted by molar-refractivity contribution is -0.127. The summed E-state index contributed by atoms with van der Waals surface area (Å²) >= 11 is 13.0. The molecule has 1 amide bonds. The normalized spacial score (nSPS) is 14.1. The van der Waals surface area contributed by atoms with Crippen LogP contribution in [0.15, 0.2) is 30.3 Å². The average Bonchev–Trinajstić information content (AvgIpc) is 2.87. The topological polar surface area (TPSA) is 69.0 Å². The summed E-state index contributed by atoms with van der Waals surface area (Å²) in [6.45, 7) is 32.4. The van der Waals surface area contributed by atoms with Gasteiger partial charge in [-0.3, -0.25) is 9.59 Å². The Morgan fingerprint density at radius 2 is 1.56 bits per heavy atom. The molecule has 0 aromatic heterocycles. The van der Waals surface area contributed by atoms with E-state index >= 15 is 0 Å². The highest BCUT2D eigenvalue weighted by atomic mass is 35.5. The Morgan fingerprint density at radius 3 is 2.07 bits per heavy atom. The Balaban J connectivity index is 2.28. The van der Waals surface area contributed by atoms with Crippen molar-refractivity contribution in [2.45, 2.75) is 104 Å². The molecule has 0 spiro atoms. The third-order valence-electron chi connectivity index (χ3n) is 9.08. The summed E-state index contributed by atoms with van der Waals surface area (Å²) in [6.07, 6.45) is -0.0683. The van der Waals surface area contributed by atoms with Crippen LogP contribution in [0.25, 0.3) is 4.85 Å². The maximum atomic E-state index is 13.7. The number of halogens is 2. The van der Waals surface area contributed by atoms with Gasteiger partial charge in [0.05, 0.1) is 35.2 Å². The molecule has 0 saturated carbocycles. The van der Waals surface area contributed by atoms with E-state index in [1.165, 1.54) is 0 Å². The average molecular weight is 664 g/mol. The second-order valence-electron chi connectivity index (χ2n) is 14.3. The van der Waals surface area contributed by atoms with E-state index in [4.69, 9.17) is 38.6 Å². The second-order valence-corrected chi connectivity index (χ2v) is 24.6. The highest BCUT2D eigenvalue weighted by molar-refractivity contribution is 6.75. The van der Waals surface area contributed by atoms with Crippen LogP contribution >= 0.6 is 23.2 Å². The molecule has 6 nitrogen and oxygen atoms in total. The molecule has 0 heterocycles. The van der Waals surface area contributed by atoms with Crippen LogP contribution in [0.4, 0.5) is 5.69 Å². The van der Waals surface area contributed by atoms with Crippen LogP contribution in [-0.4, -0.2) is 41.0 Å². The predicted molar refractivity (Wildman–Crippen MR) is 184 cm³/mol. The Labute approximate surface area is 270 Å². The molecule has 236 valence electrons. The minimum absolute atomic E-state index is 0.0000518. The van der Waals surface area contributed by atoms with Gasteiger partial charge in [0.15, 0.2) is 14.1 Å². The molecule has 0 aliphatic heterocycles. The molecule has 2 atom stereocenters. The third-order valence-corrected chi connectivity index (χ3v) is 18.8. The smallest absolute Gasteiger partial charge is 0.250 e. The van der Waals surface area contributed by atoms with Crippen LogP contribution in [0.1, 0.15) is 70.0 Å². The summed E-state index contributed by atoms with van der Waals surface area (Å²) in [5.41, 5.74) is 2.39. The number of ketones is 1. The zero-order chi connectivity index (χ0) is 33.1. The van der Waals surface area contributed by atoms with Crippen LogP contribution in [-0.2, 0) is 15.6 Å². The van der Waals surface area contributed by atoms with Gasteiger partial charge >= 0.3 is 0 Å². The van der Waals surface area contributed by atoms with Crippen molar-refractivity contribution in [1.82, 2.24) is 5.32 Å². The first kappa shape index (κ1) is 37.0. The molecule has 0 unspecified atom stereocenters. The van der Waals surface area contributed by atoms with E-state index in [1.54, 1.807) is 24.3 Å². The highest BCUT2D eigenvalue weighted by Crippen LogP contribution is 2.40. The number of hydrogen-bond acceptors (Lipinski definition) is 4. The molecule has 10 heteroatoms. The third kappa shape index (κ3) is 9.18. The molecule has 0 bridgehead atoms. The van der Waals surface area contributed by atoms with Crippen molar-refractivity contribution in [2.24, 2.45) is 5.92 Å². The van der Waals surface area contributed by atoms with Crippen molar-refractivity contribution in [2.75, 3.05) is 6.54 Å². The maximum absolute atomic E-state index is 13.7. The number of nitrogens with zero attached hydrogens (tertiary/aromatic N) is 1. The first-order valence-electron chi connectivity index (χ1n) is 14.6. The fourth-order valence-electron chi connectivity index (χ4n) is 4.04. The van der Waals surface area contributed by atoms with Crippen LogP contribution in [0.5, 0.6) is 5.75 Å². The van der Waals surface area contributed by atoms with E-state index in [-0.39, 0.29) is 28.3 Å². The first-order valence-corrected chi connectivity index (χ1v) is 21.2. The minimum Gasteiger partial charge on any atom is -0.543 e. The summed E-state index contributed by atoms with van der Waals surface area (Å²) < 4.78 is 13.0. The van der Waals surface area contributed by atoms with E-state index in [1.807, 2.05) is 19.9 Å². The lowest BCUT2D eigenvalue weighted by Crippen LogP contribution is -2.48. The maximum Gasteiger partial charge on any atom is 0.250 e. The van der Waals surface area contributed by atoms with Gasteiger partial charge in [-0.2, -0.15) is 0 Å². The minimum atomic E-state index is -2.21. The predicted octanol–water partition coefficient (Wildman–Crippen LogP) is 9.80. The van der Waals surface area contributed by atoms with E-state index in [2.05, 4.69) is 77.9 Å². The SMILES string of the molecule is [C-]#[N+]c1ccc(C[C@@H](C(=O)NCC(=O)c2ccc(O[Si](C)(C)C(C)(C)C)c(Cl)c2)[C@H](C)O[Si](C)(C)C(C)(C)C)c(C)c1Cl. The molecule has 1 N–H and O–H groups in total. The molecule has 0 saturated heterocycles. The van der Waals surface area contributed by atoms with Gasteiger partial charge in [-0.1, -0.05) is 76.9 Å². The number of carbonyl (C=O) groups excluding carboxylic acids is 2. The number of benzene rings is 2. The van der Waals surface area contributed by atoms with E-state index in [0.29, 0.717) is 33.5 Å². The lowest BCUT2D eigenvalue weighted by Gasteiger charge is -2.40. The van der Waals surface area contributed by atoms with Crippen LogP contribution in [0.2, 0.25) is 46.3 Å². The largest absolute Gasteiger partial charge is 0.543 e. The highest BCUT2D eigenvalue weighted by Gasteiger charge is 2.41. The molecular formula is C33H48Cl2N2O4Si2. The molecule has 0 aliphatic carbocycles. The summed E-state index contributed by atoms with van der Waals surface area (Å²) in [5, 5.41) is 3.56. The van der Waals surface area contributed by atoms with E-state index < -0.39 is 28.7 Å². The number of rotatable bonds is 11. The van der Waals surface area contributed by atoms with Crippen molar-refractivity contribution in [3.05, 3.63) is 68.5 Å². The number of nitrogens with one attached hydrogen (secondary N) is 1. The monoisotopic (exact) mass is 662 g/mol. The Kier molecular flexibility index (Phi) is 11.9. The standard InChI is InChI=1S/C33H48Cl2N2O4Si2/c1-21-23(14-16-27(36-9)30(21)35)18-25(22(2)40-42(10,11)32(3,4)5)31(39)37-20-28(38)24-15-17-29(26(34)19-24)41-43(12,13)33(6,7)8/h14-17,19,22,25H,18,20H2,1-8,10-13H3,(H,37,39)/t22-,25+/m0/s1. The Morgan fingerprint density at radius 1 is 0.977 bits per heavy atom. The zero-order valence-corrected chi connectivity index (χ0v) is 31.3. The molecule has 2 aromatic carbocycles. The van der Waals surface area contributed by atoms with Gasteiger partial charge in [0, 0.05) is 5.56 Å². The van der Waals surface area contributed by atoms with Gasteiger partial charge in [0.2, 0.25) is 11.6 Å². The molecule has 0 radical (unpaired) electrons. The molecule has 0 aliphatic rings. The van der Waals surface area contributed by atoms with Gasteiger partial charge in [-0.25, -0.2) is 4.85 Å². The van der Waals surface area contributed by atoms with Gasteiger partial charge < -0.3 is 14.2 Å². The summed E-state index contributed by atoms with van der Waals surface area (Å²) in [7, 11) is -4.32. The summed E-state index contributed by atoms with van der Waals surface area (Å²) in [6, 6.07) is 8.54. The van der Waals surface area contributed by atoms with Crippen molar-refractivity contribution in [3.63, 3.8) is 0 Å². The molecule has 2 rings (SSSR count). The number of Topliss-reactive ketones (excluding diaryl/α,β-unsaturated/α-hetero) is 1. The van der Waals surface area contributed by atoms with E-state index in [0.717, 1.165) is 11.1 Å². The van der Waals surface area contributed by atoms with Crippen molar-refractivity contribution in [3.8, 4) is 5.75 Å². The fourth-order valence-corrected chi connectivity index (χ4v) is 7.03. The summed E-state index contributed by atoms with van der Waals surface area (Å²) in [4.78, 5) is 30.3. The zero-order valence-electron chi connectivity index (χ0n) is 27.8. The first-order chi connectivity index (χ1) is 19.5. The van der Waals surface area contributed by atoms with Gasteiger partial charge in [0.25, 0.3) is 8.32 Å². The number of hydrogen-bond donors (Lipinski definition) is 1. The molecule has 0 fully saturated rings. The molecule has 43 heavy (non-hydrogen) atoms. The van der Waals surface area contributed by atoms with Gasteiger partial charge in [0.1, 0.15) is 5.75 Å². The Bertz CT molecular complexity index is 1390. The summed E-state index contributed by atoms with van der Waals surface area (Å²) in [5.74, 6) is -0.567. The van der Waals surface area contributed by atoms with Crippen LogP contribution in [0.3, 0.4) is 0 Å². The van der Waals surface area contributed by atoms with Crippen molar-refractivity contribution >= 4 is 57.2 Å². The quantitative estimate of drug-likeness (QED) is 0.148. The van der Waals surface area contributed by atoms with Gasteiger partial charge in [-0.15, -0.1) is 0 Å². The van der Waals surface area contributed by atoms with Crippen LogP contribution < -0.4 is 9.74 Å². The number of amides is 1. The van der Waals surface area contributed by atoms with Crippen molar-refractivity contribution < 1.29 is 18.4 Å². The van der Waals surface area contributed by atoms with Gasteiger partial charge in [-0.05, 0) is 85.9 Å². The molecular weight excluding hydrogens is 615 g/mol. The van der Waals surface area contributed by atoms with Crippen LogP contribution in [0, 0.1) is 19.4 Å². The van der Waals surface area contributed by atoms with E-state index in [9.17, 15) is 9.59 Å². The second kappa shape index (κ2) is 13.9. The molecule has 2 aromatic rings. The lowest BCUT2D eigenvalue weighted by atomic mass is 9.91. The van der Waals surface area contributed by atoms with Crippen molar-refractivity contribution in [1.29, 1.82) is 0 Å². The Hall–Kier alpha value is -2.16.